The number of hydrogen-bond donors (Lipinski definition) is 0. The molecule has 1 rings (SSSR count). The molecule has 0 saturated heterocycles. The van der Waals surface area contributed by atoms with Crippen molar-refractivity contribution in [1.29, 1.82) is 0 Å². The third-order valence-corrected chi connectivity index (χ3v) is 3.85. The van der Waals surface area contributed by atoms with E-state index in [4.69, 9.17) is 23.2 Å². The van der Waals surface area contributed by atoms with E-state index in [1.54, 1.807) is 18.0 Å². The minimum Gasteiger partial charge on any atom is -0.248 e. The Morgan fingerprint density at radius 3 is 2.93 bits per heavy atom. The maximum Gasteiger partial charge on any atom is 0.115 e. The van der Waals surface area contributed by atoms with Crippen LogP contribution in [0.25, 0.3) is 0 Å². The van der Waals surface area contributed by atoms with Crippen LogP contribution < -0.4 is 0 Å². The lowest BCUT2D eigenvalue weighted by atomic mass is 10.1. The van der Waals surface area contributed by atoms with Crippen molar-refractivity contribution in [3.05, 3.63) is 23.4 Å². The number of alkyl halides is 1. The van der Waals surface area contributed by atoms with Gasteiger partial charge in [0.25, 0.3) is 0 Å². The first-order chi connectivity index (χ1) is 7.24. The van der Waals surface area contributed by atoms with Crippen molar-refractivity contribution in [2.75, 3.05) is 11.6 Å². The highest BCUT2D eigenvalue weighted by molar-refractivity contribution is 7.99. The summed E-state index contributed by atoms with van der Waals surface area (Å²) in [7, 11) is 0. The van der Waals surface area contributed by atoms with Crippen molar-refractivity contribution < 1.29 is 0 Å². The van der Waals surface area contributed by atoms with Crippen molar-refractivity contribution in [3.63, 3.8) is 0 Å². The van der Waals surface area contributed by atoms with E-state index in [2.05, 4.69) is 11.9 Å². The molecule has 1 aromatic heterocycles. The molecule has 0 N–H and O–H groups in total. The molecule has 0 fully saturated rings. The van der Waals surface area contributed by atoms with Gasteiger partial charge in [0.15, 0.2) is 0 Å². The van der Waals surface area contributed by atoms with Crippen LogP contribution in [0.4, 0.5) is 0 Å². The number of rotatable bonds is 6. The Bertz CT molecular complexity index is 294. The summed E-state index contributed by atoms with van der Waals surface area (Å²) in [5.74, 6) is 2.47. The summed E-state index contributed by atoms with van der Waals surface area (Å²) in [5, 5.41) is 1.67. The molecule has 0 spiro atoms. The lowest BCUT2D eigenvalue weighted by molar-refractivity contribution is 0.552. The molecule has 1 unspecified atom stereocenters. The first-order valence-corrected chi connectivity index (χ1v) is 6.93. The SMILES string of the molecule is CC(CCCl)CCSc1ncccc1Cl. The van der Waals surface area contributed by atoms with Gasteiger partial charge >= 0.3 is 0 Å². The Balaban J connectivity index is 2.29. The van der Waals surface area contributed by atoms with Crippen molar-refractivity contribution in [2.45, 2.75) is 24.8 Å². The fourth-order valence-corrected chi connectivity index (χ4v) is 2.88. The molecule has 0 bridgehead atoms. The minimum absolute atomic E-state index is 0.678. The Labute approximate surface area is 106 Å². The van der Waals surface area contributed by atoms with Crippen LogP contribution in [0.1, 0.15) is 19.8 Å². The Kier molecular flexibility index (Phi) is 6.46. The molecule has 1 aromatic rings. The van der Waals surface area contributed by atoms with Crippen molar-refractivity contribution >= 4 is 35.0 Å². The van der Waals surface area contributed by atoms with E-state index < -0.39 is 0 Å². The summed E-state index contributed by atoms with van der Waals surface area (Å²) >= 11 is 13.4. The molecule has 15 heavy (non-hydrogen) atoms. The molecule has 1 nitrogen and oxygen atoms in total. The number of halogens is 2. The van der Waals surface area contributed by atoms with E-state index in [1.165, 1.54) is 0 Å². The number of nitrogens with zero attached hydrogens (tertiary/aromatic N) is 1. The molecule has 4 heteroatoms. The van der Waals surface area contributed by atoms with Crippen LogP contribution in [0.15, 0.2) is 23.4 Å². The second-order valence-electron chi connectivity index (χ2n) is 3.51. The Morgan fingerprint density at radius 2 is 2.27 bits per heavy atom. The zero-order valence-corrected chi connectivity index (χ0v) is 11.1. The molecule has 1 atom stereocenters. The predicted octanol–water partition coefficient (Wildman–Crippen LogP) is 4.48. The van der Waals surface area contributed by atoms with Gasteiger partial charge < -0.3 is 0 Å². The van der Waals surface area contributed by atoms with E-state index in [0.29, 0.717) is 5.92 Å². The number of hydrogen-bond acceptors (Lipinski definition) is 2. The second-order valence-corrected chi connectivity index (χ2v) is 5.38. The monoisotopic (exact) mass is 263 g/mol. The number of pyridine rings is 1. The second kappa shape index (κ2) is 7.37. The van der Waals surface area contributed by atoms with Crippen LogP contribution in [0.5, 0.6) is 0 Å². The smallest absolute Gasteiger partial charge is 0.115 e. The fourth-order valence-electron chi connectivity index (χ4n) is 1.16. The predicted molar refractivity (Wildman–Crippen MR) is 69.1 cm³/mol. The quantitative estimate of drug-likeness (QED) is 0.555. The number of thioether (sulfide) groups is 1. The Hall–Kier alpha value is 0.0800. The molecule has 84 valence electrons. The standard InChI is InChI=1S/C11H15Cl2NS/c1-9(4-6-12)5-8-15-11-10(13)3-2-7-14-11/h2-3,7,9H,4-6,8H2,1H3. The van der Waals surface area contributed by atoms with E-state index >= 15 is 0 Å². The zero-order valence-electron chi connectivity index (χ0n) is 8.75. The van der Waals surface area contributed by atoms with Crippen molar-refractivity contribution in [1.82, 2.24) is 4.98 Å². The summed E-state index contributed by atoms with van der Waals surface area (Å²) in [5.41, 5.74) is 0. The molecule has 0 radical (unpaired) electrons. The summed E-state index contributed by atoms with van der Waals surface area (Å²) < 4.78 is 0. The van der Waals surface area contributed by atoms with E-state index in [1.807, 2.05) is 12.1 Å². The van der Waals surface area contributed by atoms with Crippen LogP contribution in [0, 0.1) is 5.92 Å². The number of aromatic nitrogens is 1. The summed E-state index contributed by atoms with van der Waals surface area (Å²) in [4.78, 5) is 4.23. The zero-order chi connectivity index (χ0) is 11.1. The van der Waals surface area contributed by atoms with E-state index in [9.17, 15) is 0 Å². The normalized spacial score (nSPS) is 12.7. The first kappa shape index (κ1) is 13.1. The van der Waals surface area contributed by atoms with E-state index in [-0.39, 0.29) is 0 Å². The summed E-state index contributed by atoms with van der Waals surface area (Å²) in [6.07, 6.45) is 4.01. The molecule has 0 amide bonds. The topological polar surface area (TPSA) is 12.9 Å². The fraction of sp³-hybridized carbons (Fsp3) is 0.545. The van der Waals surface area contributed by atoms with Gasteiger partial charge in [0.05, 0.1) is 5.02 Å². The van der Waals surface area contributed by atoms with Gasteiger partial charge in [-0.2, -0.15) is 0 Å². The highest BCUT2D eigenvalue weighted by atomic mass is 35.5. The average molecular weight is 264 g/mol. The van der Waals surface area contributed by atoms with Crippen LogP contribution >= 0.6 is 35.0 Å². The maximum atomic E-state index is 6.00. The van der Waals surface area contributed by atoms with Crippen LogP contribution in [0.2, 0.25) is 5.02 Å². The minimum atomic E-state index is 0.678. The van der Waals surface area contributed by atoms with Gasteiger partial charge in [-0.25, -0.2) is 4.98 Å². The van der Waals surface area contributed by atoms with Crippen LogP contribution in [-0.4, -0.2) is 16.6 Å². The Morgan fingerprint density at radius 1 is 1.47 bits per heavy atom. The summed E-state index contributed by atoms with van der Waals surface area (Å²) in [6.45, 7) is 2.23. The molecule has 0 aliphatic carbocycles. The molecule has 0 aliphatic rings. The van der Waals surface area contributed by atoms with Crippen LogP contribution in [0.3, 0.4) is 0 Å². The van der Waals surface area contributed by atoms with Gasteiger partial charge in [0, 0.05) is 12.1 Å². The maximum absolute atomic E-state index is 6.00. The molecule has 0 saturated carbocycles. The molecular formula is C11H15Cl2NS. The van der Waals surface area contributed by atoms with Gasteiger partial charge in [-0.05, 0) is 36.6 Å². The first-order valence-electron chi connectivity index (χ1n) is 5.03. The highest BCUT2D eigenvalue weighted by Crippen LogP contribution is 2.25. The van der Waals surface area contributed by atoms with Gasteiger partial charge in [0.2, 0.25) is 0 Å². The average Bonchev–Trinajstić information content (AvgIpc) is 2.21. The summed E-state index contributed by atoms with van der Waals surface area (Å²) in [6, 6.07) is 3.72. The van der Waals surface area contributed by atoms with Gasteiger partial charge in [-0.1, -0.05) is 18.5 Å². The molecule has 0 aromatic carbocycles. The van der Waals surface area contributed by atoms with Gasteiger partial charge in [-0.15, -0.1) is 23.4 Å². The molecular weight excluding hydrogens is 249 g/mol. The molecule has 1 heterocycles. The lowest BCUT2D eigenvalue weighted by Gasteiger charge is -2.08. The van der Waals surface area contributed by atoms with Crippen LogP contribution in [-0.2, 0) is 0 Å². The van der Waals surface area contributed by atoms with Gasteiger partial charge in [0.1, 0.15) is 5.03 Å². The third-order valence-electron chi connectivity index (χ3n) is 2.18. The largest absolute Gasteiger partial charge is 0.248 e. The van der Waals surface area contributed by atoms with Crippen molar-refractivity contribution in [2.24, 2.45) is 5.92 Å². The lowest BCUT2D eigenvalue weighted by Crippen LogP contribution is -1.97. The third kappa shape index (κ3) is 5.10. The van der Waals surface area contributed by atoms with E-state index in [0.717, 1.165) is 34.5 Å². The highest BCUT2D eigenvalue weighted by Gasteiger charge is 2.04. The van der Waals surface area contributed by atoms with Gasteiger partial charge in [-0.3, -0.25) is 0 Å². The van der Waals surface area contributed by atoms with Crippen molar-refractivity contribution in [3.8, 4) is 0 Å². The molecule has 0 aliphatic heterocycles.